The van der Waals surface area contributed by atoms with Gasteiger partial charge < -0.3 is 5.32 Å². The van der Waals surface area contributed by atoms with Gasteiger partial charge in [0, 0.05) is 22.6 Å². The molecule has 0 bridgehead atoms. The summed E-state index contributed by atoms with van der Waals surface area (Å²) in [6.45, 7) is 6.37. The van der Waals surface area contributed by atoms with Gasteiger partial charge in [-0.15, -0.1) is 11.3 Å². The molecule has 7 heteroatoms. The number of nitrogens with one attached hydrogen (secondary N) is 2. The molecule has 0 fully saturated rings. The monoisotopic (exact) mass is 388 g/mol. The molecule has 0 saturated heterocycles. The first-order chi connectivity index (χ1) is 12.5. The Bertz CT molecular complexity index is 912. The zero-order chi connectivity index (χ0) is 18.7. The summed E-state index contributed by atoms with van der Waals surface area (Å²) in [5, 5.41) is 11.7. The van der Waals surface area contributed by atoms with Gasteiger partial charge in [0.25, 0.3) is 0 Å². The highest BCUT2D eigenvalue weighted by atomic mass is 35.5. The standard InChI is InChI=1S/C19H21ClN4OS/c1-11-14(12(2)24-23-11)8-9-18(25)21-10-17-13(3)22-19(26-17)15-6-4-5-7-16(15)20/h4-7H,8-10H2,1-3H3,(H,21,25)(H,23,24). The molecule has 3 rings (SSSR count). The number of aryl methyl sites for hydroxylation is 3. The Morgan fingerprint density at radius 1 is 1.23 bits per heavy atom. The number of aromatic amines is 1. The first-order valence-corrected chi connectivity index (χ1v) is 9.63. The molecule has 5 nitrogen and oxygen atoms in total. The Balaban J connectivity index is 1.60. The van der Waals surface area contributed by atoms with Crippen molar-refractivity contribution in [1.82, 2.24) is 20.5 Å². The van der Waals surface area contributed by atoms with E-state index >= 15 is 0 Å². The second kappa shape index (κ2) is 8.01. The Labute approximate surface area is 161 Å². The zero-order valence-corrected chi connectivity index (χ0v) is 16.6. The Kier molecular flexibility index (Phi) is 5.74. The first kappa shape index (κ1) is 18.6. The second-order valence-electron chi connectivity index (χ2n) is 6.20. The number of hydrogen-bond donors (Lipinski definition) is 2. The summed E-state index contributed by atoms with van der Waals surface area (Å²) in [4.78, 5) is 17.8. The van der Waals surface area contributed by atoms with Crippen LogP contribution in [0.4, 0.5) is 0 Å². The van der Waals surface area contributed by atoms with Gasteiger partial charge in [-0.1, -0.05) is 29.8 Å². The lowest BCUT2D eigenvalue weighted by Gasteiger charge is -2.04. The van der Waals surface area contributed by atoms with Crippen LogP contribution in [0.1, 0.15) is 33.9 Å². The van der Waals surface area contributed by atoms with E-state index in [2.05, 4.69) is 20.5 Å². The van der Waals surface area contributed by atoms with Crippen molar-refractivity contribution < 1.29 is 4.79 Å². The van der Waals surface area contributed by atoms with E-state index in [1.165, 1.54) is 0 Å². The summed E-state index contributed by atoms with van der Waals surface area (Å²) < 4.78 is 0. The van der Waals surface area contributed by atoms with Gasteiger partial charge in [-0.2, -0.15) is 5.10 Å². The maximum Gasteiger partial charge on any atom is 0.220 e. The van der Waals surface area contributed by atoms with Gasteiger partial charge in [0.15, 0.2) is 0 Å². The summed E-state index contributed by atoms with van der Waals surface area (Å²) in [5.41, 5.74) is 4.95. The molecule has 0 unspecified atom stereocenters. The van der Waals surface area contributed by atoms with Crippen LogP contribution in [0.2, 0.25) is 5.02 Å². The maximum atomic E-state index is 12.2. The van der Waals surface area contributed by atoms with Crippen LogP contribution in [0.5, 0.6) is 0 Å². The molecule has 0 radical (unpaired) electrons. The lowest BCUT2D eigenvalue weighted by atomic mass is 10.1. The van der Waals surface area contributed by atoms with Gasteiger partial charge in [-0.3, -0.25) is 9.89 Å². The minimum Gasteiger partial charge on any atom is -0.351 e. The van der Waals surface area contributed by atoms with Crippen LogP contribution in [0.3, 0.4) is 0 Å². The summed E-state index contributed by atoms with van der Waals surface area (Å²) in [6, 6.07) is 7.66. The smallest absolute Gasteiger partial charge is 0.220 e. The molecule has 136 valence electrons. The number of halogens is 1. The molecule has 0 spiro atoms. The second-order valence-corrected chi connectivity index (χ2v) is 7.69. The largest absolute Gasteiger partial charge is 0.351 e. The van der Waals surface area contributed by atoms with Crippen molar-refractivity contribution in [3.05, 3.63) is 56.8 Å². The summed E-state index contributed by atoms with van der Waals surface area (Å²) in [6.07, 6.45) is 1.13. The van der Waals surface area contributed by atoms with E-state index in [-0.39, 0.29) is 5.91 Å². The average Bonchev–Trinajstić information content (AvgIpc) is 3.14. The van der Waals surface area contributed by atoms with Crippen molar-refractivity contribution in [3.8, 4) is 10.6 Å². The van der Waals surface area contributed by atoms with Crippen LogP contribution in [0.15, 0.2) is 24.3 Å². The quantitative estimate of drug-likeness (QED) is 0.659. The van der Waals surface area contributed by atoms with Crippen molar-refractivity contribution in [1.29, 1.82) is 0 Å². The van der Waals surface area contributed by atoms with E-state index in [1.807, 2.05) is 45.0 Å². The number of amides is 1. The molecule has 0 aliphatic carbocycles. The highest BCUT2D eigenvalue weighted by Gasteiger charge is 2.13. The first-order valence-electron chi connectivity index (χ1n) is 8.44. The molecule has 1 amide bonds. The number of benzene rings is 1. The van der Waals surface area contributed by atoms with E-state index < -0.39 is 0 Å². The van der Waals surface area contributed by atoms with Crippen LogP contribution in [0, 0.1) is 20.8 Å². The van der Waals surface area contributed by atoms with Gasteiger partial charge in [0.2, 0.25) is 5.91 Å². The van der Waals surface area contributed by atoms with Gasteiger partial charge in [-0.05, 0) is 38.8 Å². The van der Waals surface area contributed by atoms with Crippen LogP contribution < -0.4 is 5.32 Å². The summed E-state index contributed by atoms with van der Waals surface area (Å²) in [5.74, 6) is 0.0251. The molecular formula is C19H21ClN4OS. The SMILES string of the molecule is Cc1nc(-c2ccccc2Cl)sc1CNC(=O)CCc1c(C)n[nH]c1C. The fourth-order valence-electron chi connectivity index (χ4n) is 2.79. The summed E-state index contributed by atoms with van der Waals surface area (Å²) in [7, 11) is 0. The highest BCUT2D eigenvalue weighted by Crippen LogP contribution is 2.32. The minimum atomic E-state index is 0.0251. The number of hydrogen-bond acceptors (Lipinski definition) is 4. The number of aromatic nitrogens is 3. The third kappa shape index (κ3) is 4.14. The van der Waals surface area contributed by atoms with Crippen LogP contribution >= 0.6 is 22.9 Å². The fraction of sp³-hybridized carbons (Fsp3) is 0.316. The number of H-pyrrole nitrogens is 1. The molecule has 0 aliphatic heterocycles. The van der Waals surface area contributed by atoms with Crippen molar-refractivity contribution in [2.24, 2.45) is 0 Å². The van der Waals surface area contributed by atoms with E-state index in [4.69, 9.17) is 11.6 Å². The zero-order valence-electron chi connectivity index (χ0n) is 15.0. The van der Waals surface area contributed by atoms with Gasteiger partial charge >= 0.3 is 0 Å². The van der Waals surface area contributed by atoms with Crippen LogP contribution in [-0.4, -0.2) is 21.1 Å². The Morgan fingerprint density at radius 2 is 2.00 bits per heavy atom. The molecule has 0 saturated carbocycles. The normalized spacial score (nSPS) is 10.9. The van der Waals surface area contributed by atoms with E-state index in [0.29, 0.717) is 24.4 Å². The molecule has 1 aromatic carbocycles. The molecular weight excluding hydrogens is 368 g/mol. The van der Waals surface area contributed by atoms with Crippen molar-refractivity contribution in [3.63, 3.8) is 0 Å². The average molecular weight is 389 g/mol. The van der Waals surface area contributed by atoms with Crippen LogP contribution in [0.25, 0.3) is 10.6 Å². The van der Waals surface area contributed by atoms with E-state index in [0.717, 1.165) is 38.1 Å². The molecule has 3 aromatic rings. The van der Waals surface area contributed by atoms with Crippen molar-refractivity contribution in [2.75, 3.05) is 0 Å². The minimum absolute atomic E-state index is 0.0251. The highest BCUT2D eigenvalue weighted by molar-refractivity contribution is 7.15. The number of carbonyl (C=O) groups is 1. The number of carbonyl (C=O) groups excluding carboxylic acids is 1. The predicted octanol–water partition coefficient (Wildman–Crippen LogP) is 4.36. The molecule has 0 aliphatic rings. The fourth-order valence-corrected chi connectivity index (χ4v) is 4.11. The maximum absolute atomic E-state index is 12.2. The van der Waals surface area contributed by atoms with Crippen molar-refractivity contribution >= 4 is 28.8 Å². The molecule has 0 atom stereocenters. The van der Waals surface area contributed by atoms with Gasteiger partial charge in [-0.25, -0.2) is 4.98 Å². The lowest BCUT2D eigenvalue weighted by Crippen LogP contribution is -2.23. The predicted molar refractivity (Wildman–Crippen MR) is 106 cm³/mol. The Morgan fingerprint density at radius 3 is 2.69 bits per heavy atom. The number of rotatable bonds is 6. The van der Waals surface area contributed by atoms with E-state index in [9.17, 15) is 4.79 Å². The molecule has 2 heterocycles. The third-order valence-electron chi connectivity index (χ3n) is 4.33. The Hall–Kier alpha value is -2.18. The van der Waals surface area contributed by atoms with Crippen LogP contribution in [-0.2, 0) is 17.8 Å². The molecule has 2 aromatic heterocycles. The summed E-state index contributed by atoms with van der Waals surface area (Å²) >= 11 is 7.82. The van der Waals surface area contributed by atoms with Crippen molar-refractivity contribution in [2.45, 2.75) is 40.2 Å². The van der Waals surface area contributed by atoms with E-state index in [1.54, 1.807) is 11.3 Å². The lowest BCUT2D eigenvalue weighted by molar-refractivity contribution is -0.121. The third-order valence-corrected chi connectivity index (χ3v) is 5.85. The molecule has 26 heavy (non-hydrogen) atoms. The molecule has 2 N–H and O–H groups in total. The number of thiazole rings is 1. The topological polar surface area (TPSA) is 70.7 Å². The number of nitrogens with zero attached hydrogens (tertiary/aromatic N) is 2. The van der Waals surface area contributed by atoms with Gasteiger partial charge in [0.1, 0.15) is 5.01 Å². The van der Waals surface area contributed by atoms with Gasteiger partial charge in [0.05, 0.1) is 23.0 Å².